The molecule has 0 unspecified atom stereocenters. The van der Waals surface area contributed by atoms with Gasteiger partial charge in [0.15, 0.2) is 0 Å². The van der Waals surface area contributed by atoms with Gasteiger partial charge >= 0.3 is 0 Å². The van der Waals surface area contributed by atoms with Crippen LogP contribution in [0.5, 0.6) is 0 Å². The van der Waals surface area contributed by atoms with Crippen molar-refractivity contribution in [3.05, 3.63) is 34.9 Å². The first-order chi connectivity index (χ1) is 7.58. The molecule has 1 aliphatic heterocycles. The maximum atomic E-state index is 11.5. The van der Waals surface area contributed by atoms with E-state index < -0.39 is 0 Å². The van der Waals surface area contributed by atoms with E-state index in [1.54, 1.807) is 0 Å². The quantitative estimate of drug-likeness (QED) is 0.708. The number of hydrogen-bond donors (Lipinski definition) is 1. The molecule has 1 heterocycles. The van der Waals surface area contributed by atoms with Gasteiger partial charge in [0, 0.05) is 6.42 Å². The molecule has 2 nitrogen and oxygen atoms in total. The van der Waals surface area contributed by atoms with Gasteiger partial charge in [-0.05, 0) is 36.3 Å². The summed E-state index contributed by atoms with van der Waals surface area (Å²) in [5, 5.41) is 3.16. The number of fused-ring (bicyclic) bond motifs is 3. The summed E-state index contributed by atoms with van der Waals surface area (Å²) in [6.07, 6.45) is 2.80. The third kappa shape index (κ3) is 1.29. The van der Waals surface area contributed by atoms with E-state index in [-0.39, 0.29) is 17.4 Å². The highest BCUT2D eigenvalue weighted by molar-refractivity contribution is 5.78. The van der Waals surface area contributed by atoms with E-state index >= 15 is 0 Å². The lowest BCUT2D eigenvalue weighted by molar-refractivity contribution is -0.125. The third-order valence-corrected chi connectivity index (χ3v) is 4.13. The monoisotopic (exact) mass is 215 g/mol. The van der Waals surface area contributed by atoms with Crippen LogP contribution in [0.15, 0.2) is 18.2 Å². The van der Waals surface area contributed by atoms with E-state index in [1.807, 2.05) is 0 Å². The third-order valence-electron chi connectivity index (χ3n) is 4.13. The van der Waals surface area contributed by atoms with Gasteiger partial charge in [0.1, 0.15) is 0 Å². The number of rotatable bonds is 0. The first-order valence-corrected chi connectivity index (χ1v) is 5.97. The van der Waals surface area contributed by atoms with Gasteiger partial charge in [-0.15, -0.1) is 0 Å². The standard InChI is InChI=1S/C14H17NO/c1-9-3-4-11-10(7-9)8-14(2)6-5-12(16)15-13(11)14/h3-4,7,13H,5-6,8H2,1-2H3,(H,15,16)/t13-,14+/m1/s1. The molecule has 0 radical (unpaired) electrons. The summed E-state index contributed by atoms with van der Waals surface area (Å²) in [6.45, 7) is 4.43. The Morgan fingerprint density at radius 3 is 3.06 bits per heavy atom. The zero-order valence-electron chi connectivity index (χ0n) is 9.84. The first-order valence-electron chi connectivity index (χ1n) is 5.97. The highest BCUT2D eigenvalue weighted by Gasteiger charge is 2.45. The SMILES string of the molecule is Cc1ccc2c(c1)C[C@]1(C)CCC(=O)N[C@H]21. The van der Waals surface area contributed by atoms with E-state index in [0.29, 0.717) is 6.42 Å². The summed E-state index contributed by atoms with van der Waals surface area (Å²) in [5.74, 6) is 0.205. The smallest absolute Gasteiger partial charge is 0.220 e. The summed E-state index contributed by atoms with van der Waals surface area (Å²) in [4.78, 5) is 11.5. The number of nitrogens with one attached hydrogen (secondary N) is 1. The maximum Gasteiger partial charge on any atom is 0.220 e. The van der Waals surface area contributed by atoms with Crippen molar-refractivity contribution in [2.24, 2.45) is 5.41 Å². The Bertz CT molecular complexity index is 466. The minimum absolute atomic E-state index is 0.205. The van der Waals surface area contributed by atoms with Gasteiger partial charge in [-0.25, -0.2) is 0 Å². The Morgan fingerprint density at radius 1 is 1.44 bits per heavy atom. The van der Waals surface area contributed by atoms with E-state index in [1.165, 1.54) is 16.7 Å². The molecule has 0 spiro atoms. The van der Waals surface area contributed by atoms with Gasteiger partial charge in [-0.1, -0.05) is 30.7 Å². The highest BCUT2D eigenvalue weighted by Crippen LogP contribution is 2.50. The lowest BCUT2D eigenvalue weighted by Gasteiger charge is -2.36. The summed E-state index contributed by atoms with van der Waals surface area (Å²) < 4.78 is 0. The topological polar surface area (TPSA) is 29.1 Å². The van der Waals surface area contributed by atoms with Crippen LogP contribution in [-0.4, -0.2) is 5.91 Å². The molecule has 0 bridgehead atoms. The molecule has 0 aromatic heterocycles. The second-order valence-corrected chi connectivity index (χ2v) is 5.53. The molecular formula is C14H17NO. The fourth-order valence-electron chi connectivity index (χ4n) is 3.20. The van der Waals surface area contributed by atoms with Crippen LogP contribution in [0.4, 0.5) is 0 Å². The van der Waals surface area contributed by atoms with Gasteiger partial charge in [0.05, 0.1) is 6.04 Å². The minimum atomic E-state index is 0.205. The number of benzene rings is 1. The van der Waals surface area contributed by atoms with Crippen LogP contribution in [-0.2, 0) is 11.2 Å². The normalized spacial score (nSPS) is 31.9. The maximum absolute atomic E-state index is 11.5. The molecule has 1 amide bonds. The lowest BCUT2D eigenvalue weighted by Crippen LogP contribution is -2.42. The Balaban J connectivity index is 2.07. The average Bonchev–Trinajstić information content (AvgIpc) is 2.50. The van der Waals surface area contributed by atoms with Crippen molar-refractivity contribution in [1.29, 1.82) is 0 Å². The van der Waals surface area contributed by atoms with Crippen molar-refractivity contribution < 1.29 is 4.79 Å². The van der Waals surface area contributed by atoms with Crippen molar-refractivity contribution in [2.75, 3.05) is 0 Å². The number of carbonyl (C=O) groups is 1. The summed E-state index contributed by atoms with van der Waals surface area (Å²) in [6, 6.07) is 6.84. The second-order valence-electron chi connectivity index (χ2n) is 5.53. The summed E-state index contributed by atoms with van der Waals surface area (Å²) >= 11 is 0. The second kappa shape index (κ2) is 3.09. The van der Waals surface area contributed by atoms with Gasteiger partial charge in [-0.2, -0.15) is 0 Å². The van der Waals surface area contributed by atoms with Gasteiger partial charge < -0.3 is 5.32 Å². The average molecular weight is 215 g/mol. The van der Waals surface area contributed by atoms with Gasteiger partial charge in [0.2, 0.25) is 5.91 Å². The predicted octanol–water partition coefficient (Wildman–Crippen LogP) is 2.51. The van der Waals surface area contributed by atoms with Crippen molar-refractivity contribution >= 4 is 5.91 Å². The zero-order chi connectivity index (χ0) is 11.3. The van der Waals surface area contributed by atoms with E-state index in [9.17, 15) is 4.79 Å². The summed E-state index contributed by atoms with van der Waals surface area (Å²) in [7, 11) is 0. The van der Waals surface area contributed by atoms with Crippen molar-refractivity contribution in [3.63, 3.8) is 0 Å². The zero-order valence-corrected chi connectivity index (χ0v) is 9.84. The van der Waals surface area contributed by atoms with Crippen molar-refractivity contribution in [1.82, 2.24) is 5.32 Å². The molecular weight excluding hydrogens is 198 g/mol. The largest absolute Gasteiger partial charge is 0.349 e. The number of hydrogen-bond acceptors (Lipinski definition) is 1. The molecule has 1 saturated heterocycles. The van der Waals surface area contributed by atoms with Crippen LogP contribution in [0.3, 0.4) is 0 Å². The fourth-order valence-corrected chi connectivity index (χ4v) is 3.20. The first kappa shape index (κ1) is 9.88. The molecule has 2 heteroatoms. The van der Waals surface area contributed by atoms with Crippen LogP contribution < -0.4 is 5.32 Å². The van der Waals surface area contributed by atoms with Gasteiger partial charge in [0.25, 0.3) is 0 Å². The van der Waals surface area contributed by atoms with Crippen LogP contribution >= 0.6 is 0 Å². The van der Waals surface area contributed by atoms with Gasteiger partial charge in [-0.3, -0.25) is 4.79 Å². The number of piperidine rings is 1. The number of carbonyl (C=O) groups excluding carboxylic acids is 1. The predicted molar refractivity (Wildman–Crippen MR) is 63.1 cm³/mol. The van der Waals surface area contributed by atoms with Crippen LogP contribution in [0.1, 0.15) is 42.5 Å². The lowest BCUT2D eigenvalue weighted by atomic mass is 9.76. The molecule has 84 valence electrons. The summed E-state index contributed by atoms with van der Waals surface area (Å²) in [5.41, 5.74) is 4.31. The molecule has 1 fully saturated rings. The molecule has 3 rings (SSSR count). The minimum Gasteiger partial charge on any atom is -0.349 e. The van der Waals surface area contributed by atoms with E-state index in [4.69, 9.17) is 0 Å². The molecule has 1 aromatic rings. The molecule has 2 atom stereocenters. The van der Waals surface area contributed by atoms with E-state index in [0.717, 1.165) is 12.8 Å². The Morgan fingerprint density at radius 2 is 2.25 bits per heavy atom. The fraction of sp³-hybridized carbons (Fsp3) is 0.500. The molecule has 2 aliphatic rings. The molecule has 0 saturated carbocycles. The highest BCUT2D eigenvalue weighted by atomic mass is 16.1. The van der Waals surface area contributed by atoms with Crippen LogP contribution in [0.2, 0.25) is 0 Å². The number of aryl methyl sites for hydroxylation is 1. The van der Waals surface area contributed by atoms with Crippen molar-refractivity contribution in [2.45, 2.75) is 39.2 Å². The Labute approximate surface area is 96.1 Å². The van der Waals surface area contributed by atoms with E-state index in [2.05, 4.69) is 37.4 Å². The number of amides is 1. The molecule has 1 N–H and O–H groups in total. The van der Waals surface area contributed by atoms with Crippen LogP contribution in [0, 0.1) is 12.3 Å². The Kier molecular flexibility index (Phi) is 1.91. The molecule has 1 aliphatic carbocycles. The van der Waals surface area contributed by atoms with Crippen molar-refractivity contribution in [3.8, 4) is 0 Å². The molecule has 16 heavy (non-hydrogen) atoms. The van der Waals surface area contributed by atoms with Crippen LogP contribution in [0.25, 0.3) is 0 Å². The Hall–Kier alpha value is -1.31. The molecule has 1 aromatic carbocycles.